The number of likely N-dealkylation sites (N-methyl/N-ethyl adjacent to an activating group) is 2. The first-order valence-electron chi connectivity index (χ1n) is 21.9. The van der Waals surface area contributed by atoms with Crippen molar-refractivity contribution in [2.24, 2.45) is 5.73 Å². The van der Waals surface area contributed by atoms with Crippen LogP contribution in [0.5, 0.6) is 11.5 Å². The van der Waals surface area contributed by atoms with E-state index in [1.54, 1.807) is 81.7 Å². The van der Waals surface area contributed by atoms with E-state index in [2.05, 4.69) is 23.6 Å². The molecular weight excluding hydrogens is 877 g/mol. The summed E-state index contributed by atoms with van der Waals surface area (Å²) in [5, 5.41) is 1.80. The summed E-state index contributed by atoms with van der Waals surface area (Å²) in [6.45, 7) is 10.5. The highest BCUT2D eigenvalue weighted by atomic mass is 19.3. The van der Waals surface area contributed by atoms with Gasteiger partial charge in [0.15, 0.2) is 11.6 Å². The van der Waals surface area contributed by atoms with Crippen LogP contribution in [0.25, 0.3) is 0 Å². The Morgan fingerprint density at radius 2 is 1.00 bits per heavy atom. The van der Waals surface area contributed by atoms with Crippen LogP contribution in [0.4, 0.5) is 38.5 Å². The first-order chi connectivity index (χ1) is 32.2. The van der Waals surface area contributed by atoms with E-state index in [9.17, 15) is 41.5 Å². The summed E-state index contributed by atoms with van der Waals surface area (Å²) in [4.78, 5) is 72.9. The van der Waals surface area contributed by atoms with E-state index in [1.807, 2.05) is 0 Å². The van der Waals surface area contributed by atoms with E-state index in [1.165, 1.54) is 36.3 Å². The van der Waals surface area contributed by atoms with Crippen LogP contribution < -0.4 is 30.3 Å². The standard InChI is InChI=1S/C25H29F3N4O4.C23H29FN4O3/c1-3-30-10-12-31(13-11-30)25(35)32(19-6-8-20(36-2)9-7-19)16-18-5-4-17(14-21(18)26)22(33)15-29-24(34)23(27)28;1-3-26-10-12-27(13-11-26)23(30)28(19-6-8-20(31-2)9-7-19)16-18-5-4-17(14-21(18)24)22(29)15-25/h4-9,14,23H,3,10-13,15-16H2,1-2H3,(H,29,34);4-9,14H,3,10-13,15-16,25H2,1-2H3. The minimum absolute atomic E-state index is 0.0437. The van der Waals surface area contributed by atoms with Crippen LogP contribution in [-0.2, 0) is 17.9 Å². The highest BCUT2D eigenvalue weighted by Gasteiger charge is 2.29. The number of anilines is 2. The van der Waals surface area contributed by atoms with Crippen molar-refractivity contribution in [3.05, 3.63) is 119 Å². The number of hydrogen-bond acceptors (Lipinski definition) is 10. The fraction of sp³-hybridized carbons (Fsp3) is 0.396. The maximum Gasteiger partial charge on any atom is 0.324 e. The molecular formula is C48H58F4N8O7. The van der Waals surface area contributed by atoms with E-state index < -0.39 is 36.3 Å². The predicted octanol–water partition coefficient (Wildman–Crippen LogP) is 5.90. The van der Waals surface area contributed by atoms with E-state index in [0.717, 1.165) is 45.3 Å². The Morgan fingerprint density at radius 1 is 0.612 bits per heavy atom. The molecule has 4 aromatic carbocycles. The third-order valence-corrected chi connectivity index (χ3v) is 11.6. The van der Waals surface area contributed by atoms with Crippen LogP contribution in [0.3, 0.4) is 0 Å². The monoisotopic (exact) mass is 934 g/mol. The van der Waals surface area contributed by atoms with E-state index in [-0.39, 0.29) is 54.2 Å². The molecule has 2 saturated heterocycles. The lowest BCUT2D eigenvalue weighted by molar-refractivity contribution is -0.131. The Bertz CT molecular complexity index is 2310. The zero-order valence-corrected chi connectivity index (χ0v) is 38.2. The number of nitrogens with one attached hydrogen (secondary N) is 1. The Balaban J connectivity index is 0.000000254. The number of ether oxygens (including phenoxy) is 2. The maximum atomic E-state index is 15.0. The summed E-state index contributed by atoms with van der Waals surface area (Å²) in [6.07, 6.45) is -3.25. The fourth-order valence-electron chi connectivity index (χ4n) is 7.42. The van der Waals surface area contributed by atoms with Crippen molar-refractivity contribution in [2.75, 3.05) is 103 Å². The number of carbonyl (C=O) groups is 5. The molecule has 2 aliphatic rings. The number of ketones is 2. The lowest BCUT2D eigenvalue weighted by Gasteiger charge is -2.37. The van der Waals surface area contributed by atoms with Gasteiger partial charge in [-0.1, -0.05) is 38.1 Å². The van der Waals surface area contributed by atoms with Gasteiger partial charge < -0.3 is 40.1 Å². The van der Waals surface area contributed by atoms with Crippen LogP contribution in [0.1, 0.15) is 45.7 Å². The number of rotatable bonds is 16. The van der Waals surface area contributed by atoms with Gasteiger partial charge in [0.25, 0.3) is 5.91 Å². The molecule has 0 aliphatic carbocycles. The highest BCUT2D eigenvalue weighted by Crippen LogP contribution is 2.27. The van der Waals surface area contributed by atoms with Gasteiger partial charge in [0.1, 0.15) is 23.1 Å². The molecule has 5 amide bonds. The second-order valence-electron chi connectivity index (χ2n) is 15.7. The fourth-order valence-corrected chi connectivity index (χ4v) is 7.42. The number of hydrogen-bond donors (Lipinski definition) is 2. The SMILES string of the molecule is CCN1CCN(C(=O)N(Cc2ccc(C(=O)CN)cc2F)c2ccc(OC)cc2)CC1.CCN1CCN(C(=O)N(Cc2ccc(C(=O)CNC(=O)C(F)F)cc2F)c2ccc(OC)cc2)CC1. The van der Waals surface area contributed by atoms with Crippen LogP contribution in [0.2, 0.25) is 0 Å². The molecule has 2 heterocycles. The molecule has 2 fully saturated rings. The van der Waals surface area contributed by atoms with Crippen LogP contribution in [-0.4, -0.2) is 148 Å². The summed E-state index contributed by atoms with van der Waals surface area (Å²) < 4.78 is 64.8. The van der Waals surface area contributed by atoms with Gasteiger partial charge in [-0.2, -0.15) is 8.78 Å². The molecule has 15 nitrogen and oxygen atoms in total. The van der Waals surface area contributed by atoms with Crippen LogP contribution in [0.15, 0.2) is 84.9 Å². The van der Waals surface area contributed by atoms with Crippen LogP contribution in [0, 0.1) is 11.6 Å². The minimum atomic E-state index is -3.25. The van der Waals surface area contributed by atoms with Gasteiger partial charge in [-0.25, -0.2) is 18.4 Å². The molecule has 0 atom stereocenters. The van der Waals surface area contributed by atoms with E-state index >= 15 is 0 Å². The number of Topliss-reactive ketones (excluding diaryl/α,β-unsaturated/α-hetero) is 2. The molecule has 6 rings (SSSR count). The average Bonchev–Trinajstić information content (AvgIpc) is 3.36. The quantitative estimate of drug-likeness (QED) is 0.102. The van der Waals surface area contributed by atoms with E-state index in [4.69, 9.17) is 15.2 Å². The lowest BCUT2D eigenvalue weighted by atomic mass is 10.1. The number of piperazine rings is 2. The molecule has 3 N–H and O–H groups in total. The Kier molecular flexibility index (Phi) is 19.0. The number of nitrogens with two attached hydrogens (primary N) is 1. The van der Waals surface area contributed by atoms with Gasteiger partial charge >= 0.3 is 18.5 Å². The molecule has 0 unspecified atom stereocenters. The number of amides is 5. The number of benzene rings is 4. The van der Waals surface area contributed by atoms with E-state index in [0.29, 0.717) is 54.6 Å². The van der Waals surface area contributed by atoms with Gasteiger partial charge in [0, 0.05) is 86.0 Å². The summed E-state index contributed by atoms with van der Waals surface area (Å²) in [7, 11) is 3.10. The molecule has 0 radical (unpaired) electrons. The van der Waals surface area contributed by atoms with Gasteiger partial charge in [0.05, 0.1) is 40.4 Å². The van der Waals surface area contributed by atoms with Gasteiger partial charge in [-0.05, 0) is 73.8 Å². The zero-order valence-electron chi connectivity index (χ0n) is 38.2. The van der Waals surface area contributed by atoms with Crippen molar-refractivity contribution in [1.29, 1.82) is 0 Å². The first kappa shape index (κ1) is 51.4. The smallest absolute Gasteiger partial charge is 0.324 e. The Hall–Kier alpha value is -6.57. The number of urea groups is 2. The Morgan fingerprint density at radius 3 is 1.33 bits per heavy atom. The zero-order chi connectivity index (χ0) is 48.6. The molecule has 4 aromatic rings. The molecule has 360 valence electrons. The highest BCUT2D eigenvalue weighted by molar-refractivity contribution is 6.00. The number of alkyl halides is 2. The second-order valence-corrected chi connectivity index (χ2v) is 15.7. The molecule has 2 aliphatic heterocycles. The van der Waals surface area contributed by atoms with Crippen molar-refractivity contribution in [1.82, 2.24) is 24.9 Å². The topological polar surface area (TPSA) is 161 Å². The molecule has 19 heteroatoms. The molecule has 67 heavy (non-hydrogen) atoms. The van der Waals surface area contributed by atoms with Crippen molar-refractivity contribution >= 4 is 40.9 Å². The Labute approximate surface area is 388 Å². The predicted molar refractivity (Wildman–Crippen MR) is 246 cm³/mol. The van der Waals surface area contributed by atoms with Crippen molar-refractivity contribution in [3.63, 3.8) is 0 Å². The normalized spacial score (nSPS) is 14.2. The molecule has 0 saturated carbocycles. The third-order valence-electron chi connectivity index (χ3n) is 11.6. The summed E-state index contributed by atoms with van der Waals surface area (Å²) in [5.74, 6) is -2.62. The van der Waals surface area contributed by atoms with Crippen LogP contribution >= 0.6 is 0 Å². The second kappa shape index (κ2) is 24.8. The van der Waals surface area contributed by atoms with Gasteiger partial charge in [-0.3, -0.25) is 24.2 Å². The maximum absolute atomic E-state index is 15.0. The van der Waals surface area contributed by atoms with Crippen molar-refractivity contribution < 1.29 is 51.0 Å². The largest absolute Gasteiger partial charge is 0.497 e. The number of methoxy groups -OCH3 is 2. The average molecular weight is 935 g/mol. The van der Waals surface area contributed by atoms with Crippen molar-refractivity contribution in [2.45, 2.75) is 33.4 Å². The lowest BCUT2D eigenvalue weighted by Crippen LogP contribution is -2.52. The molecule has 0 spiro atoms. The first-order valence-corrected chi connectivity index (χ1v) is 21.9. The summed E-state index contributed by atoms with van der Waals surface area (Å²) in [5.41, 5.74) is 7.20. The summed E-state index contributed by atoms with van der Waals surface area (Å²) in [6, 6.07) is 21.4. The summed E-state index contributed by atoms with van der Waals surface area (Å²) >= 11 is 0. The minimum Gasteiger partial charge on any atom is -0.497 e. The van der Waals surface area contributed by atoms with Gasteiger partial charge in [0.2, 0.25) is 0 Å². The van der Waals surface area contributed by atoms with Crippen molar-refractivity contribution in [3.8, 4) is 11.5 Å². The number of halogens is 4. The van der Waals surface area contributed by atoms with Gasteiger partial charge in [-0.15, -0.1) is 0 Å². The molecule has 0 bridgehead atoms. The number of carbonyl (C=O) groups excluding carboxylic acids is 5. The number of nitrogens with zero attached hydrogens (tertiary/aromatic N) is 6. The molecule has 0 aromatic heterocycles. The third kappa shape index (κ3) is 14.0.